The van der Waals surface area contributed by atoms with Crippen LogP contribution in [0.5, 0.6) is 0 Å². The van der Waals surface area contributed by atoms with Crippen molar-refractivity contribution < 1.29 is 71.9 Å². The van der Waals surface area contributed by atoms with Gasteiger partial charge in [0.05, 0.1) is 12.1 Å². The Labute approximate surface area is 804 Å². The fraction of sp³-hybridized carbons (Fsp3) is 0.452. The molecule has 0 radical (unpaired) electrons. The van der Waals surface area contributed by atoms with Crippen LogP contribution in [0.4, 0.5) is 24.0 Å². The quantitative estimate of drug-likeness (QED) is 0.0125. The number of imide groups is 6. The second-order valence-electron chi connectivity index (χ2n) is 35.4. The molecule has 0 aliphatic carbocycles. The van der Waals surface area contributed by atoms with E-state index in [1.165, 1.54) is 0 Å². The van der Waals surface area contributed by atoms with Crippen molar-refractivity contribution in [1.29, 1.82) is 0 Å². The van der Waals surface area contributed by atoms with Crippen LogP contribution in [0, 0.1) is 11.8 Å². The van der Waals surface area contributed by atoms with E-state index in [4.69, 9.17) is 28.7 Å². The van der Waals surface area contributed by atoms with Gasteiger partial charge in [-0.1, -0.05) is 240 Å². The molecule has 7 atom stereocenters. The van der Waals surface area contributed by atoms with Crippen LogP contribution in [0.3, 0.4) is 0 Å². The summed E-state index contributed by atoms with van der Waals surface area (Å²) >= 11 is 0. The molecule has 33 heteroatoms. The smallest absolute Gasteiger partial charge is 0.327 e. The van der Waals surface area contributed by atoms with E-state index in [1.807, 2.05) is 27.7 Å². The first kappa shape index (κ1) is 109. The van der Waals surface area contributed by atoms with Gasteiger partial charge in [0.2, 0.25) is 47.3 Å². The molecular weight excluding hydrogens is 1740 g/mol. The van der Waals surface area contributed by atoms with Crippen LogP contribution in [0.25, 0.3) is 0 Å². The van der Waals surface area contributed by atoms with Crippen molar-refractivity contribution in [2.75, 3.05) is 39.3 Å². The number of nitrogens with two attached hydrogens (primary N) is 5. The van der Waals surface area contributed by atoms with E-state index >= 15 is 67.1 Å². The largest absolute Gasteiger partial charge is 0.368 e. The summed E-state index contributed by atoms with van der Waals surface area (Å²) in [6.45, 7) is 6.02. The maximum Gasteiger partial charge on any atom is 0.327 e. The van der Waals surface area contributed by atoms with Crippen molar-refractivity contribution in [1.82, 2.24) is 66.2 Å². The lowest BCUT2D eigenvalue weighted by molar-refractivity contribution is -0.154. The van der Waals surface area contributed by atoms with Gasteiger partial charge < -0.3 is 65.5 Å². The number of aryl methyl sites for hydroxylation is 4. The zero-order chi connectivity index (χ0) is 99.0. The number of primary amides is 1. The Hall–Kier alpha value is -13.4. The van der Waals surface area contributed by atoms with E-state index in [-0.39, 0.29) is 186 Å². The molecule has 1 fully saturated rings. The third kappa shape index (κ3) is 36.3. The summed E-state index contributed by atoms with van der Waals surface area (Å²) in [5, 5.41) is 17.1. The van der Waals surface area contributed by atoms with Gasteiger partial charge in [-0.3, -0.25) is 57.7 Å². The Morgan fingerprint density at radius 1 is 0.314 bits per heavy atom. The fourth-order valence-corrected chi connectivity index (χ4v) is 16.5. The highest BCUT2D eigenvalue weighted by Crippen LogP contribution is 2.27. The monoisotopic (exact) mass is 1880 g/mol. The Kier molecular flexibility index (Phi) is 46.8. The molecule has 0 saturated carbocycles. The molecule has 16 N–H and O–H groups in total. The number of hydrogen-bond acceptors (Lipinski definition) is 19. The molecule has 7 aromatic carbocycles. The Morgan fingerprint density at radius 2 is 0.584 bits per heavy atom. The fourth-order valence-electron chi connectivity index (χ4n) is 16.5. The van der Waals surface area contributed by atoms with Crippen molar-refractivity contribution in [3.05, 3.63) is 251 Å². The van der Waals surface area contributed by atoms with Gasteiger partial charge in [0.15, 0.2) is 0 Å². The maximum atomic E-state index is 16.6. The molecule has 0 bridgehead atoms. The number of nitrogens with zero attached hydrogens (tertiary/aromatic N) is 7. The molecule has 33 nitrogen and oxygen atoms in total. The summed E-state index contributed by atoms with van der Waals surface area (Å²) in [6.07, 6.45) is -12.2. The van der Waals surface area contributed by atoms with Crippen molar-refractivity contribution in [2.45, 2.75) is 250 Å². The molecule has 1 heterocycles. The Morgan fingerprint density at radius 3 is 0.883 bits per heavy atom. The molecule has 736 valence electrons. The first-order valence-electron chi connectivity index (χ1n) is 48.0. The number of rotatable bonds is 42. The van der Waals surface area contributed by atoms with E-state index < -0.39 is 177 Å². The summed E-state index contributed by atoms with van der Waals surface area (Å²) < 4.78 is 0. The van der Waals surface area contributed by atoms with E-state index in [2.05, 4.69) is 31.9 Å². The molecule has 7 aromatic rings. The summed E-state index contributed by atoms with van der Waals surface area (Å²) in [7, 11) is 0. The van der Waals surface area contributed by atoms with Crippen LogP contribution in [-0.2, 0) is 92.9 Å². The van der Waals surface area contributed by atoms with Crippen molar-refractivity contribution in [2.24, 2.45) is 40.5 Å². The number of urea groups is 5. The lowest BCUT2D eigenvalue weighted by Crippen LogP contribution is -2.66. The molecule has 20 amide bonds. The van der Waals surface area contributed by atoms with Crippen LogP contribution >= 0.6 is 0 Å². The van der Waals surface area contributed by atoms with Gasteiger partial charge in [0.25, 0.3) is 0 Å². The first-order valence-corrected chi connectivity index (χ1v) is 48.0. The second kappa shape index (κ2) is 58.8. The maximum absolute atomic E-state index is 16.6. The van der Waals surface area contributed by atoms with Gasteiger partial charge in [-0.05, 0) is 205 Å². The zero-order valence-electron chi connectivity index (χ0n) is 79.6. The molecule has 8 rings (SSSR count). The van der Waals surface area contributed by atoms with Crippen LogP contribution < -0.4 is 60.6 Å². The summed E-state index contributed by atoms with van der Waals surface area (Å²) in [4.78, 5) is 245. The molecule has 1 saturated heterocycles. The van der Waals surface area contributed by atoms with Gasteiger partial charge in [-0.2, -0.15) is 0 Å². The minimum atomic E-state index is -1.81. The second-order valence-corrected chi connectivity index (χ2v) is 35.4. The van der Waals surface area contributed by atoms with Crippen molar-refractivity contribution in [3.63, 3.8) is 0 Å². The number of nitrogens with one attached hydrogen (secondary N) is 6. The number of benzene rings is 7. The van der Waals surface area contributed by atoms with Crippen LogP contribution in [-0.4, -0.2) is 206 Å². The molecule has 137 heavy (non-hydrogen) atoms. The highest BCUT2D eigenvalue weighted by atomic mass is 16.2. The summed E-state index contributed by atoms with van der Waals surface area (Å²) in [6, 6.07) is 51.4. The highest BCUT2D eigenvalue weighted by Gasteiger charge is 2.45. The third-order valence-corrected chi connectivity index (χ3v) is 23.9. The minimum Gasteiger partial charge on any atom is -0.368 e. The van der Waals surface area contributed by atoms with Crippen molar-refractivity contribution in [3.8, 4) is 0 Å². The van der Waals surface area contributed by atoms with E-state index in [1.54, 1.807) is 212 Å². The predicted molar refractivity (Wildman–Crippen MR) is 523 cm³/mol. The molecule has 1 aliphatic heterocycles. The van der Waals surface area contributed by atoms with Crippen LogP contribution in [0.15, 0.2) is 212 Å². The molecule has 0 spiro atoms. The molecule has 1 aliphatic rings. The van der Waals surface area contributed by atoms with Crippen LogP contribution in [0.1, 0.15) is 201 Å². The van der Waals surface area contributed by atoms with E-state index in [0.29, 0.717) is 38.9 Å². The normalized spacial score (nSPS) is 18.0. The van der Waals surface area contributed by atoms with Gasteiger partial charge in [0.1, 0.15) is 37.4 Å². The molecular formula is C104H140N18O15. The highest BCUT2D eigenvalue weighted by molar-refractivity contribution is 6.35. The molecule has 0 unspecified atom stereocenters. The molecule has 0 aromatic heterocycles. The van der Waals surface area contributed by atoms with E-state index in [9.17, 15) is 4.79 Å². The lowest BCUT2D eigenvalue weighted by atomic mass is 9.98. The van der Waals surface area contributed by atoms with Gasteiger partial charge in [0, 0.05) is 57.9 Å². The number of amides is 20. The van der Waals surface area contributed by atoms with Gasteiger partial charge in [-0.15, -0.1) is 0 Å². The van der Waals surface area contributed by atoms with Gasteiger partial charge in [-0.25, -0.2) is 43.6 Å². The SMILES string of the molecule is CC(C)CCC(=O)N1C(=O)N[C@@H](CCCCN)N(C(=O)CCc2ccccc2)C(=O)N[C@@H](CCCCN)N(C(=O)CCc2ccccc2)C(=O)N[C@@H](CCCCN)N(C(=O)CCc2ccccc2)C(=O)N[C@@H](CCCCN)N(C(=O)CCc2ccccc2)C(=O)NC[C@@H](Cc2ccccc2)N(CC(N)=O)C(=O)C(=O)N[C@@H](Cc2ccccc2)N(C(=O)CCC(C)C)C(=O)C[C@H]1Cc1ccccc1. The van der Waals surface area contributed by atoms with Crippen molar-refractivity contribution >= 4 is 89.2 Å². The minimum absolute atomic E-state index is 0.0103. The average molecular weight is 1880 g/mol. The topological polar surface area (TPSA) is 481 Å². The third-order valence-electron chi connectivity index (χ3n) is 23.9. The first-order chi connectivity index (χ1) is 66.1. The van der Waals surface area contributed by atoms with Gasteiger partial charge >= 0.3 is 42.0 Å². The number of carbonyl (C=O) groups excluding carboxylic acids is 15. The average Bonchev–Trinajstić information content (AvgIpc) is 0.810. The summed E-state index contributed by atoms with van der Waals surface area (Å²) in [5.74, 6) is -10.8. The zero-order valence-corrected chi connectivity index (χ0v) is 79.6. The predicted octanol–water partition coefficient (Wildman–Crippen LogP) is 10.9. The Bertz CT molecular complexity index is 4990. The van der Waals surface area contributed by atoms with Crippen LogP contribution in [0.2, 0.25) is 0 Å². The standard InChI is InChI=1S/C104H140N18O15/c1-74(2)52-58-91(124)117-83(68-80-42-20-9-21-43-80)71-97(130)118(92(125)59-53-75(3)4)90(70-82-46-24-11-25-47-82)111-98(131)99(132)116(73-85(109)123)84(69-81-44-22-10-23-45-81)72-110-100(133)119(93(126)60-54-76-34-12-5-13-35-76)86(48-26-30-64-105)113-102(135)121(95(128)62-56-78-38-16-7-17-39-78)88(50-28-32-66-107)115-104(137)122(96(129)63-57-79-40-18-8-19-41-79)89(51-29-33-67-108)114-103(136)120(87(112-101(117)134)49-27-31-65-106)94(127)61-55-77-36-14-6-15-37-77/h5-25,34-47,74-75,83-84,86-90H,26-33,48-73,105-108H2,1-4H3,(H2,109,123)(H,110,133)(H,111,131)(H,112,134)(H,113,135)(H,114,136)(H,115,137)/t83-,84-,86-,87-,88-,89-,90-/m1/s1. The lowest BCUT2D eigenvalue weighted by Gasteiger charge is -2.39. The Balaban J connectivity index is 1.46. The van der Waals surface area contributed by atoms with E-state index in [0.717, 1.165) is 34.3 Å². The summed E-state index contributed by atoms with van der Waals surface area (Å²) in [5.41, 5.74) is 35.0. The number of carbonyl (C=O) groups is 15. The number of unbranched alkanes of at least 4 members (excludes halogenated alkanes) is 4. The number of hydrogen-bond donors (Lipinski definition) is 11.